The molecule has 0 spiro atoms. The zero-order valence-corrected chi connectivity index (χ0v) is 13.9. The number of carbonyl (C=O) groups excluding carboxylic acids is 3. The molecule has 1 amide bonds. The number of nitrogens with one attached hydrogen (secondary N) is 1. The van der Waals surface area contributed by atoms with Gasteiger partial charge in [0.2, 0.25) is 0 Å². The molecule has 130 valence electrons. The summed E-state index contributed by atoms with van der Waals surface area (Å²) in [5, 5.41) is 2.65. The predicted octanol–water partition coefficient (Wildman–Crippen LogP) is 2.69. The Morgan fingerprint density at radius 3 is 1.88 bits per heavy atom. The lowest BCUT2D eigenvalue weighted by Crippen LogP contribution is -2.15. The van der Waals surface area contributed by atoms with Crippen molar-refractivity contribution in [2.24, 2.45) is 0 Å². The van der Waals surface area contributed by atoms with Crippen LogP contribution in [0, 0.1) is 0 Å². The van der Waals surface area contributed by atoms with Gasteiger partial charge in [-0.05, 0) is 44.2 Å². The summed E-state index contributed by atoms with van der Waals surface area (Å²) in [6.45, 7) is 3.75. The topological polar surface area (TPSA) is 94.6 Å². The number of pyridine rings is 1. The number of amides is 1. The highest BCUT2D eigenvalue weighted by molar-refractivity contribution is 6.06. The van der Waals surface area contributed by atoms with Crippen LogP contribution in [0.5, 0.6) is 0 Å². The van der Waals surface area contributed by atoms with Crippen LogP contribution in [0.25, 0.3) is 0 Å². The first-order chi connectivity index (χ1) is 12.0. The minimum atomic E-state index is -0.590. The highest BCUT2D eigenvalue weighted by Gasteiger charge is 2.16. The molecule has 0 unspecified atom stereocenters. The predicted molar refractivity (Wildman–Crippen MR) is 90.5 cm³/mol. The molecule has 7 heteroatoms. The Kier molecular flexibility index (Phi) is 6.22. The molecule has 1 heterocycles. The lowest BCUT2D eigenvalue weighted by Gasteiger charge is -2.10. The molecule has 25 heavy (non-hydrogen) atoms. The Morgan fingerprint density at radius 2 is 1.40 bits per heavy atom. The molecule has 1 aromatic heterocycles. The Balaban J connectivity index is 2.33. The fourth-order valence-corrected chi connectivity index (χ4v) is 2.07. The van der Waals surface area contributed by atoms with E-state index in [2.05, 4.69) is 10.3 Å². The van der Waals surface area contributed by atoms with Crippen LogP contribution in [0.4, 0.5) is 5.69 Å². The normalized spacial score (nSPS) is 10.0. The van der Waals surface area contributed by atoms with Gasteiger partial charge in [-0.25, -0.2) is 9.59 Å². The van der Waals surface area contributed by atoms with Crippen LogP contribution in [0.3, 0.4) is 0 Å². The van der Waals surface area contributed by atoms with Crippen LogP contribution < -0.4 is 5.32 Å². The van der Waals surface area contributed by atoms with Gasteiger partial charge in [-0.3, -0.25) is 9.78 Å². The van der Waals surface area contributed by atoms with Gasteiger partial charge in [0.1, 0.15) is 0 Å². The van der Waals surface area contributed by atoms with Gasteiger partial charge in [0, 0.05) is 23.6 Å². The van der Waals surface area contributed by atoms with E-state index < -0.39 is 17.8 Å². The van der Waals surface area contributed by atoms with Crippen LogP contribution in [0.1, 0.15) is 44.9 Å². The summed E-state index contributed by atoms with van der Waals surface area (Å²) < 4.78 is 9.91. The average molecular weight is 342 g/mol. The van der Waals surface area contributed by atoms with Crippen LogP contribution in [0.2, 0.25) is 0 Å². The van der Waals surface area contributed by atoms with E-state index in [0.717, 1.165) is 0 Å². The number of nitrogens with zero attached hydrogens (tertiary/aromatic N) is 1. The number of aromatic nitrogens is 1. The van der Waals surface area contributed by atoms with E-state index in [9.17, 15) is 14.4 Å². The van der Waals surface area contributed by atoms with E-state index in [1.807, 2.05) is 0 Å². The first-order valence-electron chi connectivity index (χ1n) is 7.75. The van der Waals surface area contributed by atoms with E-state index in [-0.39, 0.29) is 30.0 Å². The summed E-state index contributed by atoms with van der Waals surface area (Å²) in [5.41, 5.74) is 0.986. The second kappa shape index (κ2) is 8.58. The molecule has 0 bridgehead atoms. The van der Waals surface area contributed by atoms with E-state index in [1.165, 1.54) is 30.6 Å². The Bertz CT molecular complexity index is 738. The third-order valence-corrected chi connectivity index (χ3v) is 3.16. The van der Waals surface area contributed by atoms with Gasteiger partial charge < -0.3 is 14.8 Å². The van der Waals surface area contributed by atoms with Crippen molar-refractivity contribution in [1.29, 1.82) is 0 Å². The van der Waals surface area contributed by atoms with Crippen molar-refractivity contribution in [3.63, 3.8) is 0 Å². The molecule has 0 saturated heterocycles. The maximum Gasteiger partial charge on any atom is 0.338 e. The molecule has 1 N–H and O–H groups in total. The van der Waals surface area contributed by atoms with Crippen LogP contribution >= 0.6 is 0 Å². The lowest BCUT2D eigenvalue weighted by molar-refractivity contribution is 0.0525. The largest absolute Gasteiger partial charge is 0.462 e. The Morgan fingerprint density at radius 1 is 0.880 bits per heavy atom. The van der Waals surface area contributed by atoms with Gasteiger partial charge in [0.25, 0.3) is 5.91 Å². The molecule has 2 rings (SSSR count). The monoisotopic (exact) mass is 342 g/mol. The first kappa shape index (κ1) is 18.1. The van der Waals surface area contributed by atoms with Crippen LogP contribution in [0.15, 0.2) is 42.7 Å². The highest BCUT2D eigenvalue weighted by Crippen LogP contribution is 2.18. The zero-order chi connectivity index (χ0) is 18.2. The fraction of sp³-hybridized carbons (Fsp3) is 0.222. The standard InChI is InChI=1S/C18H18N2O5/c1-3-24-17(22)13-9-14(18(23)25-4-2)11-15(10-13)20-16(21)12-5-7-19-8-6-12/h5-11H,3-4H2,1-2H3,(H,20,21). The molecule has 0 aliphatic carbocycles. The number of anilines is 1. The third-order valence-electron chi connectivity index (χ3n) is 3.16. The van der Waals surface area contributed by atoms with Crippen molar-refractivity contribution in [1.82, 2.24) is 4.98 Å². The average Bonchev–Trinajstić information content (AvgIpc) is 2.62. The fourth-order valence-electron chi connectivity index (χ4n) is 2.07. The van der Waals surface area contributed by atoms with Gasteiger partial charge in [-0.15, -0.1) is 0 Å². The number of benzene rings is 1. The molecule has 0 atom stereocenters. The van der Waals surface area contributed by atoms with Gasteiger partial charge in [-0.1, -0.05) is 0 Å². The summed E-state index contributed by atoms with van der Waals surface area (Å²) in [6, 6.07) is 7.37. The summed E-state index contributed by atoms with van der Waals surface area (Å²) in [4.78, 5) is 40.1. The van der Waals surface area contributed by atoms with E-state index in [0.29, 0.717) is 5.56 Å². The van der Waals surface area contributed by atoms with Crippen molar-refractivity contribution >= 4 is 23.5 Å². The van der Waals surface area contributed by atoms with E-state index in [1.54, 1.807) is 26.0 Å². The second-order valence-electron chi connectivity index (χ2n) is 4.93. The molecule has 0 fully saturated rings. The van der Waals surface area contributed by atoms with E-state index >= 15 is 0 Å². The molecule has 2 aromatic rings. The smallest absolute Gasteiger partial charge is 0.338 e. The Labute approximate surface area is 145 Å². The number of carbonyl (C=O) groups is 3. The summed E-state index contributed by atoms with van der Waals surface area (Å²) in [7, 11) is 0. The molecule has 0 aliphatic heterocycles. The maximum atomic E-state index is 12.3. The SMILES string of the molecule is CCOC(=O)c1cc(NC(=O)c2ccncc2)cc(C(=O)OCC)c1. The molecular weight excluding hydrogens is 324 g/mol. The van der Waals surface area contributed by atoms with Crippen LogP contribution in [-0.2, 0) is 9.47 Å². The quantitative estimate of drug-likeness (QED) is 0.811. The Hall–Kier alpha value is -3.22. The van der Waals surface area contributed by atoms with Crippen molar-refractivity contribution in [3.05, 3.63) is 59.4 Å². The summed E-state index contributed by atoms with van der Waals surface area (Å²) >= 11 is 0. The number of hydrogen-bond donors (Lipinski definition) is 1. The molecular formula is C18H18N2O5. The summed E-state index contributed by atoms with van der Waals surface area (Å²) in [6.07, 6.45) is 2.99. The minimum absolute atomic E-state index is 0.150. The van der Waals surface area contributed by atoms with Gasteiger partial charge in [0.15, 0.2) is 0 Å². The number of rotatable bonds is 6. The maximum absolute atomic E-state index is 12.3. The molecule has 7 nitrogen and oxygen atoms in total. The minimum Gasteiger partial charge on any atom is -0.462 e. The lowest BCUT2D eigenvalue weighted by atomic mass is 10.1. The van der Waals surface area contributed by atoms with Crippen LogP contribution in [-0.4, -0.2) is 36.0 Å². The number of esters is 2. The molecule has 0 saturated carbocycles. The second-order valence-corrected chi connectivity index (χ2v) is 4.93. The summed E-state index contributed by atoms with van der Waals surface area (Å²) in [5.74, 6) is -1.57. The van der Waals surface area contributed by atoms with Gasteiger partial charge in [0.05, 0.1) is 24.3 Å². The van der Waals surface area contributed by atoms with Crippen molar-refractivity contribution < 1.29 is 23.9 Å². The number of hydrogen-bond acceptors (Lipinski definition) is 6. The molecule has 0 aliphatic rings. The molecule has 0 radical (unpaired) electrons. The van der Waals surface area contributed by atoms with Crippen molar-refractivity contribution in [3.8, 4) is 0 Å². The van der Waals surface area contributed by atoms with Crippen molar-refractivity contribution in [2.75, 3.05) is 18.5 Å². The number of ether oxygens (including phenoxy) is 2. The van der Waals surface area contributed by atoms with Gasteiger partial charge in [-0.2, -0.15) is 0 Å². The first-order valence-corrected chi connectivity index (χ1v) is 7.75. The third kappa shape index (κ3) is 4.87. The van der Waals surface area contributed by atoms with Crippen molar-refractivity contribution in [2.45, 2.75) is 13.8 Å². The van der Waals surface area contributed by atoms with E-state index in [4.69, 9.17) is 9.47 Å². The zero-order valence-electron chi connectivity index (χ0n) is 13.9. The van der Waals surface area contributed by atoms with Gasteiger partial charge >= 0.3 is 11.9 Å². The highest BCUT2D eigenvalue weighted by atomic mass is 16.5. The molecule has 1 aromatic carbocycles.